The van der Waals surface area contributed by atoms with Crippen LogP contribution in [0.15, 0.2) is 0 Å². The maximum absolute atomic E-state index is 11.2. The van der Waals surface area contributed by atoms with Crippen molar-refractivity contribution in [3.63, 3.8) is 0 Å². The molecule has 0 rings (SSSR count). The summed E-state index contributed by atoms with van der Waals surface area (Å²) in [6.45, 7) is 2.32. The van der Waals surface area contributed by atoms with Crippen LogP contribution in [0.25, 0.3) is 0 Å². The van der Waals surface area contributed by atoms with E-state index >= 15 is 0 Å². The highest BCUT2D eigenvalue weighted by Crippen LogP contribution is 1.82. The Morgan fingerprint density at radius 3 is 2.44 bits per heavy atom. The number of nitrogens with one attached hydrogen (secondary N) is 3. The number of urea groups is 1. The molecule has 0 aromatic rings. The molecule has 8 heteroatoms. The summed E-state index contributed by atoms with van der Waals surface area (Å²) < 4.78 is 4.75. The zero-order chi connectivity index (χ0) is 14.0. The normalized spacial score (nSPS) is 11.4. The number of carboxylic acids is 1. The zero-order valence-corrected chi connectivity index (χ0v) is 10.5. The zero-order valence-electron chi connectivity index (χ0n) is 10.5. The summed E-state index contributed by atoms with van der Waals surface area (Å²) >= 11 is 0. The van der Waals surface area contributed by atoms with Gasteiger partial charge in [-0.15, -0.1) is 0 Å². The molecule has 0 saturated heterocycles. The van der Waals surface area contributed by atoms with E-state index in [0.717, 1.165) is 0 Å². The molecule has 3 amide bonds. The van der Waals surface area contributed by atoms with Gasteiger partial charge in [0.05, 0.1) is 6.61 Å². The molecular weight excluding hydrogens is 242 g/mol. The topological polar surface area (TPSA) is 117 Å². The second-order valence-electron chi connectivity index (χ2n) is 3.55. The summed E-state index contributed by atoms with van der Waals surface area (Å²) in [7, 11) is 1.53. The summed E-state index contributed by atoms with van der Waals surface area (Å²) in [5.41, 5.74) is 0. The van der Waals surface area contributed by atoms with E-state index in [1.807, 2.05) is 0 Å². The second kappa shape index (κ2) is 9.23. The van der Waals surface area contributed by atoms with Crippen LogP contribution < -0.4 is 16.0 Å². The van der Waals surface area contributed by atoms with Crippen molar-refractivity contribution in [3.05, 3.63) is 0 Å². The predicted molar refractivity (Wildman–Crippen MR) is 63.1 cm³/mol. The van der Waals surface area contributed by atoms with Crippen molar-refractivity contribution in [2.75, 3.05) is 26.8 Å². The minimum absolute atomic E-state index is 0.124. The number of ether oxygens (including phenoxy) is 1. The molecule has 0 radical (unpaired) electrons. The molecule has 0 aliphatic heterocycles. The molecule has 104 valence electrons. The van der Waals surface area contributed by atoms with Gasteiger partial charge < -0.3 is 25.8 Å². The maximum atomic E-state index is 11.2. The third-order valence-electron chi connectivity index (χ3n) is 1.98. The summed E-state index contributed by atoms with van der Waals surface area (Å²) in [6.07, 6.45) is 0.124. The summed E-state index contributed by atoms with van der Waals surface area (Å²) in [4.78, 5) is 32.8. The van der Waals surface area contributed by atoms with Gasteiger partial charge in [-0.05, 0) is 6.92 Å². The highest BCUT2D eigenvalue weighted by molar-refractivity contribution is 5.82. The lowest BCUT2D eigenvalue weighted by Gasteiger charge is -2.10. The minimum Gasteiger partial charge on any atom is -0.480 e. The van der Waals surface area contributed by atoms with Gasteiger partial charge in [0.1, 0.15) is 6.04 Å². The van der Waals surface area contributed by atoms with Gasteiger partial charge in [-0.1, -0.05) is 0 Å². The Labute approximate surface area is 105 Å². The molecule has 0 aromatic heterocycles. The molecule has 0 heterocycles. The predicted octanol–water partition coefficient (Wildman–Crippen LogP) is -1.09. The van der Waals surface area contributed by atoms with E-state index in [1.165, 1.54) is 14.0 Å². The number of methoxy groups -OCH3 is 1. The fourth-order valence-corrected chi connectivity index (χ4v) is 0.980. The van der Waals surface area contributed by atoms with E-state index < -0.39 is 18.0 Å². The van der Waals surface area contributed by atoms with E-state index in [2.05, 4.69) is 16.0 Å². The molecule has 18 heavy (non-hydrogen) atoms. The van der Waals surface area contributed by atoms with Gasteiger partial charge >= 0.3 is 12.0 Å². The van der Waals surface area contributed by atoms with Gasteiger partial charge in [-0.2, -0.15) is 0 Å². The molecule has 8 nitrogen and oxygen atoms in total. The fourth-order valence-electron chi connectivity index (χ4n) is 0.980. The second-order valence-corrected chi connectivity index (χ2v) is 3.55. The van der Waals surface area contributed by atoms with Crippen molar-refractivity contribution < 1.29 is 24.2 Å². The highest BCUT2D eigenvalue weighted by atomic mass is 16.5. The molecule has 1 atom stereocenters. The lowest BCUT2D eigenvalue weighted by molar-refractivity contribution is -0.138. The molecule has 0 bridgehead atoms. The van der Waals surface area contributed by atoms with Crippen LogP contribution >= 0.6 is 0 Å². The number of rotatable bonds is 8. The first-order valence-corrected chi connectivity index (χ1v) is 5.50. The van der Waals surface area contributed by atoms with Crippen LogP contribution in [0.4, 0.5) is 4.79 Å². The van der Waals surface area contributed by atoms with Crippen LogP contribution in [-0.4, -0.2) is 55.9 Å². The molecule has 0 aromatic carbocycles. The van der Waals surface area contributed by atoms with Gasteiger partial charge in [0.15, 0.2) is 0 Å². The number of carbonyl (C=O) groups is 3. The van der Waals surface area contributed by atoms with Crippen molar-refractivity contribution in [3.8, 4) is 0 Å². The van der Waals surface area contributed by atoms with E-state index in [1.54, 1.807) is 0 Å². The Hall–Kier alpha value is -1.83. The van der Waals surface area contributed by atoms with Gasteiger partial charge in [-0.3, -0.25) is 9.59 Å². The van der Waals surface area contributed by atoms with Crippen LogP contribution in [0, 0.1) is 0 Å². The Bertz CT molecular complexity index is 295. The third-order valence-corrected chi connectivity index (χ3v) is 1.98. The first-order valence-electron chi connectivity index (χ1n) is 5.50. The fraction of sp³-hybridized carbons (Fsp3) is 0.700. The summed E-state index contributed by atoms with van der Waals surface area (Å²) in [6, 6.07) is -1.59. The number of amides is 3. The van der Waals surface area contributed by atoms with Crippen molar-refractivity contribution in [2.24, 2.45) is 0 Å². The number of hydrogen-bond donors (Lipinski definition) is 4. The number of hydrogen-bond acceptors (Lipinski definition) is 4. The van der Waals surface area contributed by atoms with E-state index in [0.29, 0.717) is 13.2 Å². The SMILES string of the molecule is COCCNC(=O)CCNC(=O)N[C@H](C)C(=O)O. The number of carbonyl (C=O) groups excluding carboxylic acids is 2. The van der Waals surface area contributed by atoms with E-state index in [9.17, 15) is 14.4 Å². The number of aliphatic carboxylic acids is 1. The largest absolute Gasteiger partial charge is 0.480 e. The molecule has 0 unspecified atom stereocenters. The van der Waals surface area contributed by atoms with Crippen LogP contribution in [0.3, 0.4) is 0 Å². The van der Waals surface area contributed by atoms with Crippen LogP contribution in [-0.2, 0) is 14.3 Å². The monoisotopic (exact) mass is 261 g/mol. The Morgan fingerprint density at radius 2 is 1.89 bits per heavy atom. The van der Waals surface area contributed by atoms with Gasteiger partial charge in [0.25, 0.3) is 0 Å². The Balaban J connectivity index is 3.61. The van der Waals surface area contributed by atoms with Crippen molar-refractivity contribution in [2.45, 2.75) is 19.4 Å². The minimum atomic E-state index is -1.12. The smallest absolute Gasteiger partial charge is 0.325 e. The summed E-state index contributed by atoms with van der Waals surface area (Å²) in [5, 5.41) is 15.7. The quantitative estimate of drug-likeness (QED) is 0.414. The maximum Gasteiger partial charge on any atom is 0.325 e. The average Bonchev–Trinajstić information content (AvgIpc) is 2.29. The lowest BCUT2D eigenvalue weighted by Crippen LogP contribution is -2.45. The molecule has 0 fully saturated rings. The number of carboxylic acid groups (broad SMARTS) is 1. The average molecular weight is 261 g/mol. The molecule has 0 aliphatic carbocycles. The van der Waals surface area contributed by atoms with Crippen LogP contribution in [0.5, 0.6) is 0 Å². The van der Waals surface area contributed by atoms with Crippen LogP contribution in [0.2, 0.25) is 0 Å². The molecule has 0 spiro atoms. The molecular formula is C10H19N3O5. The Morgan fingerprint density at radius 1 is 1.22 bits per heavy atom. The molecule has 0 aliphatic rings. The van der Waals surface area contributed by atoms with Gasteiger partial charge in [-0.25, -0.2) is 4.79 Å². The lowest BCUT2D eigenvalue weighted by atomic mass is 10.3. The van der Waals surface area contributed by atoms with Crippen molar-refractivity contribution in [1.29, 1.82) is 0 Å². The van der Waals surface area contributed by atoms with Crippen molar-refractivity contribution >= 4 is 17.9 Å². The van der Waals surface area contributed by atoms with Crippen molar-refractivity contribution in [1.82, 2.24) is 16.0 Å². The summed E-state index contributed by atoms with van der Waals surface area (Å²) in [5.74, 6) is -1.33. The third kappa shape index (κ3) is 8.34. The first-order chi connectivity index (χ1) is 8.47. The molecule has 4 N–H and O–H groups in total. The van der Waals surface area contributed by atoms with Gasteiger partial charge in [0, 0.05) is 26.6 Å². The molecule has 0 saturated carbocycles. The van der Waals surface area contributed by atoms with Crippen LogP contribution in [0.1, 0.15) is 13.3 Å². The van der Waals surface area contributed by atoms with E-state index in [4.69, 9.17) is 9.84 Å². The van der Waals surface area contributed by atoms with E-state index in [-0.39, 0.29) is 18.9 Å². The standard InChI is InChI=1S/C10H19N3O5/c1-7(9(15)16)13-10(17)12-4-3-8(14)11-5-6-18-2/h7H,3-6H2,1-2H3,(H,11,14)(H,15,16)(H2,12,13,17)/t7-/m1/s1. The first kappa shape index (κ1) is 16.2. The Kier molecular flexibility index (Phi) is 8.29. The highest BCUT2D eigenvalue weighted by Gasteiger charge is 2.13. The van der Waals surface area contributed by atoms with Gasteiger partial charge in [0.2, 0.25) is 5.91 Å².